The zero-order valence-electron chi connectivity index (χ0n) is 16.0. The molecule has 0 bridgehead atoms. The normalized spacial score (nSPS) is 12.5. The van der Waals surface area contributed by atoms with Crippen LogP contribution in [-0.4, -0.2) is 33.6 Å². The summed E-state index contributed by atoms with van der Waals surface area (Å²) < 4.78 is 50.8. The quantitative estimate of drug-likeness (QED) is 0.698. The summed E-state index contributed by atoms with van der Waals surface area (Å²) in [6.07, 6.45) is -0.913. The number of nitrogens with one attached hydrogen (secondary N) is 2. The Morgan fingerprint density at radius 1 is 1.07 bits per heavy atom. The third kappa shape index (κ3) is 5.67. The molecule has 0 saturated carbocycles. The van der Waals surface area contributed by atoms with E-state index in [-0.39, 0.29) is 16.6 Å². The molecule has 0 heterocycles. The van der Waals surface area contributed by atoms with Crippen LogP contribution >= 0.6 is 0 Å². The van der Waals surface area contributed by atoms with Gasteiger partial charge in [-0.05, 0) is 63.2 Å². The van der Waals surface area contributed by atoms with E-state index in [9.17, 15) is 17.6 Å². The van der Waals surface area contributed by atoms with Crippen molar-refractivity contribution in [2.24, 2.45) is 0 Å². The van der Waals surface area contributed by atoms with Crippen LogP contribution in [0.4, 0.5) is 10.1 Å². The summed E-state index contributed by atoms with van der Waals surface area (Å²) in [6, 6.07) is 9.13. The fourth-order valence-corrected chi connectivity index (χ4v) is 3.61. The zero-order valence-corrected chi connectivity index (χ0v) is 16.8. The zero-order chi connectivity index (χ0) is 20.9. The first kappa shape index (κ1) is 21.6. The van der Waals surface area contributed by atoms with Crippen molar-refractivity contribution in [3.8, 4) is 11.5 Å². The molecule has 2 aromatic rings. The average Bonchev–Trinajstić information content (AvgIpc) is 2.62. The van der Waals surface area contributed by atoms with Gasteiger partial charge in [-0.3, -0.25) is 4.79 Å². The molecule has 1 atom stereocenters. The number of hydrogen-bond acceptors (Lipinski definition) is 5. The van der Waals surface area contributed by atoms with Crippen LogP contribution in [0.25, 0.3) is 0 Å². The van der Waals surface area contributed by atoms with Crippen LogP contribution in [0.2, 0.25) is 0 Å². The lowest BCUT2D eigenvalue weighted by Gasteiger charge is -2.17. The minimum Gasteiger partial charge on any atom is -0.495 e. The van der Waals surface area contributed by atoms with Crippen LogP contribution in [0.15, 0.2) is 47.4 Å². The first-order chi connectivity index (χ1) is 13.1. The minimum atomic E-state index is -3.74. The van der Waals surface area contributed by atoms with E-state index in [0.717, 1.165) is 0 Å². The summed E-state index contributed by atoms with van der Waals surface area (Å²) in [6.45, 7) is 4.93. The molecule has 1 amide bonds. The number of rotatable bonds is 8. The average molecular weight is 410 g/mol. The largest absolute Gasteiger partial charge is 0.495 e. The molecular weight excluding hydrogens is 387 g/mol. The Bertz CT molecular complexity index is 930. The second-order valence-electron chi connectivity index (χ2n) is 6.34. The van der Waals surface area contributed by atoms with Crippen LogP contribution in [-0.2, 0) is 14.8 Å². The Hall–Kier alpha value is -2.65. The van der Waals surface area contributed by atoms with Gasteiger partial charge in [0.2, 0.25) is 10.0 Å². The van der Waals surface area contributed by atoms with E-state index in [1.807, 2.05) is 0 Å². The van der Waals surface area contributed by atoms with Crippen LogP contribution in [0.1, 0.15) is 20.8 Å². The molecule has 7 nitrogen and oxygen atoms in total. The summed E-state index contributed by atoms with van der Waals surface area (Å²) in [5, 5.41) is 2.60. The molecule has 2 aromatic carbocycles. The fraction of sp³-hybridized carbons (Fsp3) is 0.316. The number of sulfonamides is 1. The van der Waals surface area contributed by atoms with Gasteiger partial charge in [0.15, 0.2) is 6.10 Å². The Balaban J connectivity index is 2.20. The van der Waals surface area contributed by atoms with Gasteiger partial charge in [0.05, 0.1) is 17.7 Å². The molecule has 9 heteroatoms. The Kier molecular flexibility index (Phi) is 6.98. The number of amides is 1. The van der Waals surface area contributed by atoms with Crippen LogP contribution < -0.4 is 19.5 Å². The lowest BCUT2D eigenvalue weighted by Crippen LogP contribution is -2.31. The van der Waals surface area contributed by atoms with Gasteiger partial charge in [-0.25, -0.2) is 17.5 Å². The van der Waals surface area contributed by atoms with E-state index >= 15 is 0 Å². The number of carbonyl (C=O) groups excluding carboxylic acids is 1. The van der Waals surface area contributed by atoms with Gasteiger partial charge in [0, 0.05) is 6.04 Å². The number of methoxy groups -OCH3 is 1. The molecule has 0 radical (unpaired) electrons. The molecule has 0 aliphatic heterocycles. The summed E-state index contributed by atoms with van der Waals surface area (Å²) in [4.78, 5) is 12.5. The van der Waals surface area contributed by atoms with E-state index in [4.69, 9.17) is 9.47 Å². The SMILES string of the molecule is COc1ccc(S(=O)(=O)NC(C)C)cc1NC(=O)C(C)Oc1ccc(F)cc1. The molecule has 0 spiro atoms. The summed E-state index contributed by atoms with van der Waals surface area (Å²) in [7, 11) is -2.33. The lowest BCUT2D eigenvalue weighted by molar-refractivity contribution is -0.122. The van der Waals surface area contributed by atoms with Gasteiger partial charge in [-0.2, -0.15) is 0 Å². The maximum absolute atomic E-state index is 13.0. The lowest BCUT2D eigenvalue weighted by atomic mass is 10.2. The van der Waals surface area contributed by atoms with E-state index < -0.39 is 27.9 Å². The molecule has 1 unspecified atom stereocenters. The standard InChI is InChI=1S/C19H23FN2O5S/c1-12(2)22-28(24,25)16-9-10-18(26-4)17(11-16)21-19(23)13(3)27-15-7-5-14(20)6-8-15/h5-13,22H,1-4H3,(H,21,23). The fourth-order valence-electron chi connectivity index (χ4n) is 2.34. The Morgan fingerprint density at radius 3 is 2.29 bits per heavy atom. The van der Waals surface area contributed by atoms with Crippen LogP contribution in [0.5, 0.6) is 11.5 Å². The van der Waals surface area contributed by atoms with Crippen molar-refractivity contribution in [2.45, 2.75) is 37.8 Å². The highest BCUT2D eigenvalue weighted by molar-refractivity contribution is 7.89. The first-order valence-corrected chi connectivity index (χ1v) is 10.0. The number of benzene rings is 2. The molecule has 152 valence electrons. The van der Waals surface area contributed by atoms with E-state index in [0.29, 0.717) is 11.5 Å². The van der Waals surface area contributed by atoms with Gasteiger partial charge in [0.1, 0.15) is 17.3 Å². The van der Waals surface area contributed by atoms with E-state index in [2.05, 4.69) is 10.0 Å². The van der Waals surface area contributed by atoms with Crippen molar-refractivity contribution in [1.82, 2.24) is 4.72 Å². The molecule has 0 aliphatic carbocycles. The van der Waals surface area contributed by atoms with Crippen LogP contribution in [0, 0.1) is 5.82 Å². The Morgan fingerprint density at radius 2 is 1.71 bits per heavy atom. The van der Waals surface area contributed by atoms with Crippen LogP contribution in [0.3, 0.4) is 0 Å². The number of anilines is 1. The smallest absolute Gasteiger partial charge is 0.265 e. The maximum Gasteiger partial charge on any atom is 0.265 e. The molecule has 2 N–H and O–H groups in total. The highest BCUT2D eigenvalue weighted by Gasteiger charge is 2.21. The predicted molar refractivity (Wildman–Crippen MR) is 104 cm³/mol. The number of hydrogen-bond donors (Lipinski definition) is 2. The molecule has 28 heavy (non-hydrogen) atoms. The summed E-state index contributed by atoms with van der Waals surface area (Å²) >= 11 is 0. The second kappa shape index (κ2) is 9.03. The highest BCUT2D eigenvalue weighted by Crippen LogP contribution is 2.28. The molecule has 2 rings (SSSR count). The number of ether oxygens (including phenoxy) is 2. The van der Waals surface area contributed by atoms with Crippen molar-refractivity contribution < 1.29 is 27.1 Å². The molecule has 0 aliphatic rings. The number of halogens is 1. The third-order valence-electron chi connectivity index (χ3n) is 3.63. The minimum absolute atomic E-state index is 0.00981. The van der Waals surface area contributed by atoms with Gasteiger partial charge < -0.3 is 14.8 Å². The third-order valence-corrected chi connectivity index (χ3v) is 5.28. The summed E-state index contributed by atoms with van der Waals surface area (Å²) in [5.74, 6) is -0.310. The van der Waals surface area contributed by atoms with Gasteiger partial charge in [-0.1, -0.05) is 0 Å². The van der Waals surface area contributed by atoms with Crippen molar-refractivity contribution in [2.75, 3.05) is 12.4 Å². The topological polar surface area (TPSA) is 93.7 Å². The van der Waals surface area contributed by atoms with Crippen molar-refractivity contribution in [3.05, 3.63) is 48.3 Å². The molecule has 0 aromatic heterocycles. The second-order valence-corrected chi connectivity index (χ2v) is 8.06. The van der Waals surface area contributed by atoms with E-state index in [1.54, 1.807) is 13.8 Å². The molecular formula is C19H23FN2O5S. The monoisotopic (exact) mass is 410 g/mol. The van der Waals surface area contributed by atoms with Gasteiger partial charge in [0.25, 0.3) is 5.91 Å². The van der Waals surface area contributed by atoms with Crippen molar-refractivity contribution in [3.63, 3.8) is 0 Å². The summed E-state index contributed by atoms with van der Waals surface area (Å²) in [5.41, 5.74) is 0.189. The van der Waals surface area contributed by atoms with Gasteiger partial charge >= 0.3 is 0 Å². The number of carbonyl (C=O) groups is 1. The van der Waals surface area contributed by atoms with E-state index in [1.165, 1.54) is 56.5 Å². The van der Waals surface area contributed by atoms with Gasteiger partial charge in [-0.15, -0.1) is 0 Å². The molecule has 0 fully saturated rings. The molecule has 0 saturated heterocycles. The Labute approximate surface area is 163 Å². The van der Waals surface area contributed by atoms with Crippen molar-refractivity contribution in [1.29, 1.82) is 0 Å². The van der Waals surface area contributed by atoms with Crippen molar-refractivity contribution >= 4 is 21.6 Å². The highest BCUT2D eigenvalue weighted by atomic mass is 32.2. The predicted octanol–water partition coefficient (Wildman–Crippen LogP) is 2.93. The maximum atomic E-state index is 13.0. The first-order valence-electron chi connectivity index (χ1n) is 8.56.